The number of aromatic nitrogens is 2. The van der Waals surface area contributed by atoms with Crippen LogP contribution in [0.3, 0.4) is 0 Å². The monoisotopic (exact) mass is 323 g/mol. The molecule has 0 saturated carbocycles. The molecule has 0 amide bonds. The molecule has 0 bridgehead atoms. The second kappa shape index (κ2) is 7.28. The van der Waals surface area contributed by atoms with Gasteiger partial charge in [0.1, 0.15) is 5.84 Å². The first kappa shape index (κ1) is 15.6. The second-order valence-corrected chi connectivity index (χ2v) is 6.77. The Morgan fingerprint density at radius 3 is 2.67 bits per heavy atom. The number of hydrogen-bond acceptors (Lipinski definition) is 7. The Labute approximate surface area is 131 Å². The normalized spacial score (nSPS) is 13.1. The number of rotatable bonds is 6. The van der Waals surface area contributed by atoms with E-state index in [0.717, 1.165) is 15.0 Å². The quantitative estimate of drug-likeness (QED) is 0.279. The lowest BCUT2D eigenvalue weighted by Gasteiger charge is -2.14. The van der Waals surface area contributed by atoms with Crippen LogP contribution in [-0.4, -0.2) is 41.1 Å². The molecule has 0 radical (unpaired) electrons. The Morgan fingerprint density at radius 1 is 1.38 bits per heavy atom. The first-order valence-corrected chi connectivity index (χ1v) is 8.08. The maximum absolute atomic E-state index is 8.96. The number of nitrogens with two attached hydrogens (primary N) is 1. The lowest BCUT2D eigenvalue weighted by atomic mass is 10.0. The molecule has 0 aliphatic carbocycles. The van der Waals surface area contributed by atoms with Gasteiger partial charge in [-0.25, -0.2) is 0 Å². The van der Waals surface area contributed by atoms with Gasteiger partial charge < -0.3 is 15.8 Å². The van der Waals surface area contributed by atoms with Gasteiger partial charge in [-0.1, -0.05) is 58.6 Å². The molecule has 0 fully saturated rings. The molecular weight excluding hydrogens is 306 g/mol. The van der Waals surface area contributed by atoms with Crippen LogP contribution in [0.25, 0.3) is 0 Å². The molecule has 1 atom stereocenters. The molecule has 0 saturated heterocycles. The van der Waals surface area contributed by atoms with Gasteiger partial charge in [-0.3, -0.25) is 0 Å². The first-order chi connectivity index (χ1) is 10.1. The lowest BCUT2D eigenvalue weighted by Crippen LogP contribution is -2.23. The van der Waals surface area contributed by atoms with Crippen molar-refractivity contribution in [2.75, 3.05) is 24.7 Å². The summed E-state index contributed by atoms with van der Waals surface area (Å²) in [5.41, 5.74) is 6.82. The Balaban J connectivity index is 2.09. The lowest BCUT2D eigenvalue weighted by molar-refractivity contribution is 0.316. The SMILES string of the molecule is CN(C)c1nnc(SCC(C(N)=NO)c2ccccc2)s1. The highest BCUT2D eigenvalue weighted by Gasteiger charge is 2.18. The van der Waals surface area contributed by atoms with Crippen LogP contribution in [0.4, 0.5) is 5.13 Å². The third kappa shape index (κ3) is 4.08. The highest BCUT2D eigenvalue weighted by molar-refractivity contribution is 8.01. The third-order valence-corrected chi connectivity index (χ3v) is 5.14. The molecule has 21 heavy (non-hydrogen) atoms. The van der Waals surface area contributed by atoms with Crippen LogP contribution in [0, 0.1) is 0 Å². The molecule has 1 aromatic heterocycles. The van der Waals surface area contributed by atoms with Gasteiger partial charge in [0.15, 0.2) is 4.34 Å². The standard InChI is InChI=1S/C13H17N5OS2/c1-18(2)12-15-16-13(21-12)20-8-10(11(14)17-19)9-6-4-3-5-7-9/h3-7,10,19H,8H2,1-2H3,(H2,14,17). The number of oxime groups is 1. The maximum Gasteiger partial charge on any atom is 0.208 e. The Hall–Kier alpha value is -1.80. The zero-order valence-electron chi connectivity index (χ0n) is 11.8. The fourth-order valence-electron chi connectivity index (χ4n) is 1.70. The van der Waals surface area contributed by atoms with E-state index in [4.69, 9.17) is 10.9 Å². The maximum atomic E-state index is 8.96. The predicted octanol–water partition coefficient (Wildman–Crippen LogP) is 2.23. The summed E-state index contributed by atoms with van der Waals surface area (Å²) in [4.78, 5) is 1.92. The van der Waals surface area contributed by atoms with Crippen LogP contribution >= 0.6 is 23.1 Å². The largest absolute Gasteiger partial charge is 0.409 e. The molecular formula is C13H17N5OS2. The van der Waals surface area contributed by atoms with Gasteiger partial charge in [0.2, 0.25) is 5.13 Å². The summed E-state index contributed by atoms with van der Waals surface area (Å²) in [5.74, 6) is 0.682. The fraction of sp³-hybridized carbons (Fsp3) is 0.308. The zero-order chi connectivity index (χ0) is 15.2. The zero-order valence-corrected chi connectivity index (χ0v) is 13.4. The summed E-state index contributed by atoms with van der Waals surface area (Å²) >= 11 is 3.07. The second-order valence-electron chi connectivity index (χ2n) is 4.54. The minimum atomic E-state index is -0.159. The van der Waals surface area contributed by atoms with Crippen LogP contribution in [0.1, 0.15) is 11.5 Å². The average molecular weight is 323 g/mol. The van der Waals surface area contributed by atoms with E-state index in [2.05, 4.69) is 15.4 Å². The van der Waals surface area contributed by atoms with Gasteiger partial charge in [0, 0.05) is 19.8 Å². The molecule has 2 rings (SSSR count). The molecule has 1 aromatic carbocycles. The van der Waals surface area contributed by atoms with E-state index in [1.165, 1.54) is 11.3 Å². The first-order valence-electron chi connectivity index (χ1n) is 6.27. The molecule has 0 spiro atoms. The van der Waals surface area contributed by atoms with Crippen LogP contribution in [0.15, 0.2) is 39.8 Å². The number of thioether (sulfide) groups is 1. The van der Waals surface area contributed by atoms with E-state index in [-0.39, 0.29) is 11.8 Å². The topological polar surface area (TPSA) is 87.6 Å². The van der Waals surface area contributed by atoms with Crippen molar-refractivity contribution in [2.45, 2.75) is 10.3 Å². The van der Waals surface area contributed by atoms with E-state index in [0.29, 0.717) is 5.75 Å². The molecule has 112 valence electrons. The fourth-order valence-corrected chi connectivity index (χ4v) is 3.64. The summed E-state index contributed by atoms with van der Waals surface area (Å²) < 4.78 is 0.866. The summed E-state index contributed by atoms with van der Waals surface area (Å²) in [6.07, 6.45) is 0. The Morgan fingerprint density at radius 2 is 2.10 bits per heavy atom. The number of anilines is 1. The smallest absolute Gasteiger partial charge is 0.208 e. The van der Waals surface area contributed by atoms with Crippen LogP contribution in [0.2, 0.25) is 0 Å². The molecule has 2 aromatic rings. The van der Waals surface area contributed by atoms with Crippen LogP contribution in [-0.2, 0) is 0 Å². The van der Waals surface area contributed by atoms with E-state index in [9.17, 15) is 0 Å². The van der Waals surface area contributed by atoms with Crippen molar-refractivity contribution in [3.63, 3.8) is 0 Å². The van der Waals surface area contributed by atoms with Crippen molar-refractivity contribution in [1.82, 2.24) is 10.2 Å². The molecule has 6 nitrogen and oxygen atoms in total. The van der Waals surface area contributed by atoms with Gasteiger partial charge in [-0.15, -0.1) is 10.2 Å². The molecule has 1 heterocycles. The van der Waals surface area contributed by atoms with E-state index >= 15 is 0 Å². The van der Waals surface area contributed by atoms with Gasteiger partial charge in [-0.05, 0) is 5.56 Å². The number of hydrogen-bond donors (Lipinski definition) is 2. The van der Waals surface area contributed by atoms with Crippen LogP contribution in [0.5, 0.6) is 0 Å². The summed E-state index contributed by atoms with van der Waals surface area (Å²) in [7, 11) is 3.86. The minimum Gasteiger partial charge on any atom is -0.409 e. The Bertz CT molecular complexity index is 600. The number of nitrogens with zero attached hydrogens (tertiary/aromatic N) is 4. The van der Waals surface area contributed by atoms with E-state index < -0.39 is 0 Å². The van der Waals surface area contributed by atoms with Gasteiger partial charge in [0.05, 0.1) is 5.92 Å². The van der Waals surface area contributed by atoms with E-state index in [1.807, 2.05) is 49.3 Å². The summed E-state index contributed by atoms with van der Waals surface area (Å²) in [6.45, 7) is 0. The van der Waals surface area contributed by atoms with E-state index in [1.54, 1.807) is 11.8 Å². The highest BCUT2D eigenvalue weighted by Crippen LogP contribution is 2.31. The number of benzene rings is 1. The molecule has 0 aliphatic rings. The van der Waals surface area contributed by atoms with Crippen molar-refractivity contribution >= 4 is 34.1 Å². The molecule has 8 heteroatoms. The summed E-state index contributed by atoms with van der Waals surface area (Å²) in [5, 5.41) is 21.2. The van der Waals surface area contributed by atoms with Crippen molar-refractivity contribution < 1.29 is 5.21 Å². The van der Waals surface area contributed by atoms with Gasteiger partial charge >= 0.3 is 0 Å². The average Bonchev–Trinajstić information content (AvgIpc) is 2.97. The van der Waals surface area contributed by atoms with Crippen molar-refractivity contribution in [2.24, 2.45) is 10.9 Å². The van der Waals surface area contributed by atoms with Crippen molar-refractivity contribution in [3.8, 4) is 0 Å². The highest BCUT2D eigenvalue weighted by atomic mass is 32.2. The molecule has 0 aliphatic heterocycles. The Kier molecular flexibility index (Phi) is 5.40. The van der Waals surface area contributed by atoms with Crippen molar-refractivity contribution in [3.05, 3.63) is 35.9 Å². The third-order valence-electron chi connectivity index (χ3n) is 2.83. The summed E-state index contributed by atoms with van der Waals surface area (Å²) in [6, 6.07) is 9.75. The van der Waals surface area contributed by atoms with Gasteiger partial charge in [0.25, 0.3) is 0 Å². The number of amidine groups is 1. The van der Waals surface area contributed by atoms with Gasteiger partial charge in [-0.2, -0.15) is 0 Å². The predicted molar refractivity (Wildman–Crippen MR) is 87.6 cm³/mol. The minimum absolute atomic E-state index is 0.159. The van der Waals surface area contributed by atoms with Crippen LogP contribution < -0.4 is 10.6 Å². The molecule has 1 unspecified atom stereocenters. The van der Waals surface area contributed by atoms with Crippen molar-refractivity contribution in [1.29, 1.82) is 0 Å². The molecule has 3 N–H and O–H groups in total.